The second-order valence-electron chi connectivity index (χ2n) is 4.97. The zero-order valence-corrected chi connectivity index (χ0v) is 14.2. The van der Waals surface area contributed by atoms with E-state index in [2.05, 4.69) is 28.6 Å². The third kappa shape index (κ3) is 4.90. The van der Waals surface area contributed by atoms with Crippen LogP contribution < -0.4 is 11.1 Å². The van der Waals surface area contributed by atoms with Crippen molar-refractivity contribution in [2.45, 2.75) is 38.9 Å². The minimum Gasteiger partial charge on any atom is -0.353 e. The maximum Gasteiger partial charge on any atom is 0.236 e. The molecule has 0 saturated carbocycles. The maximum absolute atomic E-state index is 11.4. The van der Waals surface area contributed by atoms with Crippen LogP contribution >= 0.6 is 36.2 Å². The zero-order chi connectivity index (χ0) is 13.1. The van der Waals surface area contributed by atoms with Gasteiger partial charge in [-0.2, -0.15) is 0 Å². The molecule has 0 aromatic carbocycles. The molecule has 1 aromatic rings. The highest BCUT2D eigenvalue weighted by molar-refractivity contribution is 7.10. The lowest BCUT2D eigenvalue weighted by atomic mass is 10.1. The van der Waals surface area contributed by atoms with E-state index >= 15 is 0 Å². The van der Waals surface area contributed by atoms with E-state index in [0.29, 0.717) is 12.6 Å². The first-order valence-electron chi connectivity index (χ1n) is 6.40. The van der Waals surface area contributed by atoms with E-state index in [1.807, 2.05) is 11.3 Å². The topological polar surface area (TPSA) is 58.4 Å². The van der Waals surface area contributed by atoms with Crippen LogP contribution in [-0.2, 0) is 17.8 Å². The predicted octanol–water partition coefficient (Wildman–Crippen LogP) is 1.80. The van der Waals surface area contributed by atoms with Gasteiger partial charge in [0.25, 0.3) is 0 Å². The van der Waals surface area contributed by atoms with E-state index in [9.17, 15) is 4.79 Å². The first kappa shape index (κ1) is 19.7. The lowest BCUT2D eigenvalue weighted by Gasteiger charge is -2.32. The van der Waals surface area contributed by atoms with Crippen LogP contribution in [0.1, 0.15) is 24.3 Å². The van der Waals surface area contributed by atoms with Crippen molar-refractivity contribution in [2.75, 3.05) is 13.1 Å². The summed E-state index contributed by atoms with van der Waals surface area (Å²) in [4.78, 5) is 15.4. The van der Waals surface area contributed by atoms with Crippen LogP contribution in [0.2, 0.25) is 0 Å². The molecular weight excluding hydrogens is 317 g/mol. The number of hydrogen-bond donors (Lipinski definition) is 2. The molecule has 20 heavy (non-hydrogen) atoms. The SMILES string of the molecule is CC(CNC(=O)[C@@H](C)N)N1CCc2sccc2C1.Cl.Cl. The van der Waals surface area contributed by atoms with Gasteiger partial charge in [-0.1, -0.05) is 0 Å². The molecule has 1 aliphatic rings. The number of rotatable bonds is 4. The fourth-order valence-electron chi connectivity index (χ4n) is 2.18. The summed E-state index contributed by atoms with van der Waals surface area (Å²) in [5.74, 6) is -0.0740. The quantitative estimate of drug-likeness (QED) is 0.879. The number of nitrogens with zero attached hydrogens (tertiary/aromatic N) is 1. The van der Waals surface area contributed by atoms with Crippen molar-refractivity contribution in [1.82, 2.24) is 10.2 Å². The minimum absolute atomic E-state index is 0. The van der Waals surface area contributed by atoms with Crippen LogP contribution in [0.3, 0.4) is 0 Å². The Morgan fingerprint density at radius 2 is 2.20 bits per heavy atom. The van der Waals surface area contributed by atoms with Crippen LogP contribution in [0.5, 0.6) is 0 Å². The van der Waals surface area contributed by atoms with Crippen molar-refractivity contribution in [2.24, 2.45) is 5.73 Å². The number of nitrogens with two attached hydrogens (primary N) is 1. The van der Waals surface area contributed by atoms with Gasteiger partial charge in [-0.25, -0.2) is 0 Å². The molecule has 0 spiro atoms. The average molecular weight is 340 g/mol. The maximum atomic E-state index is 11.4. The number of carbonyl (C=O) groups excluding carboxylic acids is 1. The molecule has 2 rings (SSSR count). The van der Waals surface area contributed by atoms with Gasteiger partial charge in [-0.3, -0.25) is 9.69 Å². The molecule has 2 atom stereocenters. The number of amides is 1. The van der Waals surface area contributed by atoms with E-state index < -0.39 is 6.04 Å². The van der Waals surface area contributed by atoms with Crippen molar-refractivity contribution >= 4 is 42.1 Å². The van der Waals surface area contributed by atoms with Gasteiger partial charge in [0.15, 0.2) is 0 Å². The van der Waals surface area contributed by atoms with Crippen molar-refractivity contribution in [3.63, 3.8) is 0 Å². The minimum atomic E-state index is -0.429. The van der Waals surface area contributed by atoms with Crippen LogP contribution in [0, 0.1) is 0 Å². The summed E-state index contributed by atoms with van der Waals surface area (Å²) < 4.78 is 0. The lowest BCUT2D eigenvalue weighted by Crippen LogP contribution is -2.47. The Bertz CT molecular complexity index is 426. The summed E-state index contributed by atoms with van der Waals surface area (Å²) in [6, 6.07) is 2.13. The van der Waals surface area contributed by atoms with E-state index in [4.69, 9.17) is 5.73 Å². The molecule has 1 aromatic heterocycles. The molecule has 116 valence electrons. The summed E-state index contributed by atoms with van der Waals surface area (Å²) in [6.07, 6.45) is 1.12. The average Bonchev–Trinajstić information content (AvgIpc) is 2.82. The molecule has 1 aliphatic heterocycles. The van der Waals surface area contributed by atoms with Gasteiger partial charge in [0, 0.05) is 30.6 Å². The molecular formula is C13H23Cl2N3OS. The highest BCUT2D eigenvalue weighted by Gasteiger charge is 2.21. The molecule has 2 heterocycles. The van der Waals surface area contributed by atoms with E-state index in [-0.39, 0.29) is 30.7 Å². The predicted molar refractivity (Wildman–Crippen MR) is 89.1 cm³/mol. The molecule has 0 bridgehead atoms. The molecule has 1 amide bonds. The zero-order valence-electron chi connectivity index (χ0n) is 11.8. The smallest absolute Gasteiger partial charge is 0.236 e. The summed E-state index contributed by atoms with van der Waals surface area (Å²) in [5, 5.41) is 5.06. The number of halogens is 2. The summed E-state index contributed by atoms with van der Waals surface area (Å²) in [7, 11) is 0. The van der Waals surface area contributed by atoms with Crippen LogP contribution in [0.15, 0.2) is 11.4 Å². The Balaban J connectivity index is 0.00000180. The number of carbonyl (C=O) groups is 1. The first-order valence-corrected chi connectivity index (χ1v) is 7.28. The molecule has 0 fully saturated rings. The molecule has 7 heteroatoms. The molecule has 0 saturated heterocycles. The fourth-order valence-corrected chi connectivity index (χ4v) is 3.07. The molecule has 0 radical (unpaired) electrons. The van der Waals surface area contributed by atoms with E-state index in [1.54, 1.807) is 6.92 Å². The molecule has 3 N–H and O–H groups in total. The lowest BCUT2D eigenvalue weighted by molar-refractivity contribution is -0.122. The number of thiophene rings is 1. The van der Waals surface area contributed by atoms with E-state index in [1.165, 1.54) is 10.4 Å². The van der Waals surface area contributed by atoms with Gasteiger partial charge in [0.2, 0.25) is 5.91 Å². The first-order chi connectivity index (χ1) is 8.58. The van der Waals surface area contributed by atoms with Crippen LogP contribution in [0.25, 0.3) is 0 Å². The summed E-state index contributed by atoms with van der Waals surface area (Å²) in [5.41, 5.74) is 6.97. The van der Waals surface area contributed by atoms with Crippen molar-refractivity contribution in [3.8, 4) is 0 Å². The number of fused-ring (bicyclic) bond motifs is 1. The van der Waals surface area contributed by atoms with Crippen LogP contribution in [0.4, 0.5) is 0 Å². The van der Waals surface area contributed by atoms with Gasteiger partial charge < -0.3 is 11.1 Å². The van der Waals surface area contributed by atoms with Gasteiger partial charge in [0.1, 0.15) is 0 Å². The largest absolute Gasteiger partial charge is 0.353 e. The fraction of sp³-hybridized carbons (Fsp3) is 0.615. The highest BCUT2D eigenvalue weighted by Crippen LogP contribution is 2.24. The molecule has 4 nitrogen and oxygen atoms in total. The van der Waals surface area contributed by atoms with Crippen LogP contribution in [-0.4, -0.2) is 36.0 Å². The standard InChI is InChI=1S/C13H21N3OS.2ClH/c1-9(7-15-13(17)10(2)14)16-5-3-12-11(8-16)4-6-18-12;;/h4,6,9-10H,3,5,7-8,14H2,1-2H3,(H,15,17);2*1H/t9?,10-;;/m1../s1. The second kappa shape index (κ2) is 8.85. The molecule has 0 aliphatic carbocycles. The Morgan fingerprint density at radius 3 is 2.85 bits per heavy atom. The number of hydrogen-bond acceptors (Lipinski definition) is 4. The third-order valence-electron chi connectivity index (χ3n) is 3.45. The summed E-state index contributed by atoms with van der Waals surface area (Å²) in [6.45, 7) is 6.59. The second-order valence-corrected chi connectivity index (χ2v) is 5.97. The van der Waals surface area contributed by atoms with Crippen molar-refractivity contribution < 1.29 is 4.79 Å². The third-order valence-corrected chi connectivity index (χ3v) is 4.47. The van der Waals surface area contributed by atoms with Crippen molar-refractivity contribution in [3.05, 3.63) is 21.9 Å². The Kier molecular flexibility index (Phi) is 8.70. The van der Waals surface area contributed by atoms with E-state index in [0.717, 1.165) is 19.5 Å². The van der Waals surface area contributed by atoms with Gasteiger partial charge in [-0.05, 0) is 37.3 Å². The van der Waals surface area contributed by atoms with Gasteiger partial charge in [-0.15, -0.1) is 36.2 Å². The Labute approximate surface area is 136 Å². The molecule has 1 unspecified atom stereocenters. The highest BCUT2D eigenvalue weighted by atomic mass is 35.5. The monoisotopic (exact) mass is 339 g/mol. The van der Waals surface area contributed by atoms with Crippen molar-refractivity contribution in [1.29, 1.82) is 0 Å². The number of nitrogens with one attached hydrogen (secondary N) is 1. The Morgan fingerprint density at radius 1 is 1.50 bits per heavy atom. The van der Waals surface area contributed by atoms with Gasteiger partial charge >= 0.3 is 0 Å². The van der Waals surface area contributed by atoms with Gasteiger partial charge in [0.05, 0.1) is 6.04 Å². The normalized spacial score (nSPS) is 17.1. The Hall–Kier alpha value is -0.330. The summed E-state index contributed by atoms with van der Waals surface area (Å²) >= 11 is 1.85.